The molecule has 1 amide bonds. The van der Waals surface area contributed by atoms with Crippen molar-refractivity contribution in [3.05, 3.63) is 92.3 Å². The molecule has 0 saturated carbocycles. The Morgan fingerprint density at radius 3 is 2.75 bits per heavy atom. The van der Waals surface area contributed by atoms with Crippen LogP contribution >= 0.6 is 11.3 Å². The summed E-state index contributed by atoms with van der Waals surface area (Å²) in [5.41, 5.74) is 3.51. The largest absolute Gasteiger partial charge is 0.451 e. The van der Waals surface area contributed by atoms with Gasteiger partial charge in [-0.25, -0.2) is 4.98 Å². The summed E-state index contributed by atoms with van der Waals surface area (Å²) in [5, 5.41) is 3.65. The third-order valence-electron chi connectivity index (χ3n) is 4.34. The van der Waals surface area contributed by atoms with Crippen LogP contribution in [0.1, 0.15) is 32.1 Å². The van der Waals surface area contributed by atoms with Gasteiger partial charge in [0, 0.05) is 23.6 Å². The second-order valence-electron chi connectivity index (χ2n) is 6.73. The zero-order valence-corrected chi connectivity index (χ0v) is 16.3. The number of anilines is 1. The van der Waals surface area contributed by atoms with Gasteiger partial charge in [-0.05, 0) is 31.5 Å². The van der Waals surface area contributed by atoms with Gasteiger partial charge in [0.05, 0.1) is 5.39 Å². The molecule has 0 spiro atoms. The van der Waals surface area contributed by atoms with Crippen LogP contribution in [0.4, 0.5) is 5.13 Å². The minimum atomic E-state index is -0.490. The van der Waals surface area contributed by atoms with Crippen molar-refractivity contribution in [3.63, 3.8) is 0 Å². The molecule has 0 radical (unpaired) electrons. The van der Waals surface area contributed by atoms with E-state index < -0.39 is 5.91 Å². The minimum absolute atomic E-state index is 0.0308. The van der Waals surface area contributed by atoms with Crippen molar-refractivity contribution in [2.45, 2.75) is 20.3 Å². The second-order valence-corrected chi connectivity index (χ2v) is 7.84. The smallest absolute Gasteiger partial charge is 0.293 e. The van der Waals surface area contributed by atoms with Crippen LogP contribution in [-0.2, 0) is 6.42 Å². The van der Waals surface area contributed by atoms with E-state index in [0.29, 0.717) is 16.1 Å². The highest BCUT2D eigenvalue weighted by Crippen LogP contribution is 2.22. The summed E-state index contributed by atoms with van der Waals surface area (Å²) >= 11 is 1.40. The SMILES string of the molecule is Cc1cccc(Cc2cnc(NC(=O)c3cc(=O)c4cc(C)ccc4o3)s2)c1. The number of rotatable bonds is 4. The van der Waals surface area contributed by atoms with E-state index in [4.69, 9.17) is 4.42 Å². The minimum Gasteiger partial charge on any atom is -0.451 e. The normalized spacial score (nSPS) is 10.9. The molecule has 0 aliphatic heterocycles. The highest BCUT2D eigenvalue weighted by Gasteiger charge is 2.14. The van der Waals surface area contributed by atoms with Crippen LogP contribution in [0, 0.1) is 13.8 Å². The third-order valence-corrected chi connectivity index (χ3v) is 5.25. The number of benzene rings is 2. The number of nitrogens with zero attached hydrogens (tertiary/aromatic N) is 1. The van der Waals surface area contributed by atoms with E-state index in [9.17, 15) is 9.59 Å². The van der Waals surface area contributed by atoms with Gasteiger partial charge in [0.25, 0.3) is 5.91 Å². The Bertz CT molecular complexity index is 1240. The number of carbonyl (C=O) groups is 1. The van der Waals surface area contributed by atoms with Gasteiger partial charge < -0.3 is 4.42 Å². The van der Waals surface area contributed by atoms with Crippen LogP contribution in [0.2, 0.25) is 0 Å². The van der Waals surface area contributed by atoms with Crippen LogP contribution in [-0.4, -0.2) is 10.9 Å². The van der Waals surface area contributed by atoms with Gasteiger partial charge in [0.2, 0.25) is 0 Å². The summed E-state index contributed by atoms with van der Waals surface area (Å²) in [5.74, 6) is -0.521. The van der Waals surface area contributed by atoms with E-state index in [2.05, 4.69) is 35.4 Å². The summed E-state index contributed by atoms with van der Waals surface area (Å²) in [6.45, 7) is 3.96. The van der Waals surface area contributed by atoms with Crippen molar-refractivity contribution in [2.24, 2.45) is 0 Å². The molecule has 0 aliphatic carbocycles. The Balaban J connectivity index is 1.53. The third kappa shape index (κ3) is 3.87. The Hall–Kier alpha value is -3.25. The molecule has 6 heteroatoms. The number of nitrogens with one attached hydrogen (secondary N) is 1. The topological polar surface area (TPSA) is 72.2 Å². The lowest BCUT2D eigenvalue weighted by molar-refractivity contribution is 0.0997. The fraction of sp³-hybridized carbons (Fsp3) is 0.136. The van der Waals surface area contributed by atoms with Crippen molar-refractivity contribution < 1.29 is 9.21 Å². The van der Waals surface area contributed by atoms with Crippen LogP contribution < -0.4 is 10.7 Å². The average Bonchev–Trinajstić information content (AvgIpc) is 3.09. The molecule has 4 aromatic rings. The van der Waals surface area contributed by atoms with Crippen LogP contribution in [0.3, 0.4) is 0 Å². The van der Waals surface area contributed by atoms with Crippen molar-refractivity contribution in [1.29, 1.82) is 0 Å². The van der Waals surface area contributed by atoms with Crippen molar-refractivity contribution in [1.82, 2.24) is 4.98 Å². The molecule has 0 bridgehead atoms. The molecular formula is C22H18N2O3S. The first kappa shape index (κ1) is 18.1. The summed E-state index contributed by atoms with van der Waals surface area (Å²) < 4.78 is 5.61. The zero-order valence-electron chi connectivity index (χ0n) is 15.5. The molecule has 5 nitrogen and oxygen atoms in total. The van der Waals surface area contributed by atoms with Gasteiger partial charge in [-0.15, -0.1) is 11.3 Å². The fourth-order valence-corrected chi connectivity index (χ4v) is 3.85. The van der Waals surface area contributed by atoms with Gasteiger partial charge in [0.1, 0.15) is 5.58 Å². The molecule has 140 valence electrons. The molecule has 2 heterocycles. The number of carbonyl (C=O) groups excluding carboxylic acids is 1. The first-order chi connectivity index (χ1) is 13.5. The maximum atomic E-state index is 12.5. The van der Waals surface area contributed by atoms with E-state index in [1.807, 2.05) is 19.1 Å². The van der Waals surface area contributed by atoms with E-state index >= 15 is 0 Å². The first-order valence-corrected chi connectivity index (χ1v) is 9.66. The molecule has 0 aliphatic rings. The molecule has 0 atom stereocenters. The molecule has 0 unspecified atom stereocenters. The number of hydrogen-bond donors (Lipinski definition) is 1. The number of aromatic nitrogens is 1. The van der Waals surface area contributed by atoms with Gasteiger partial charge in [-0.3, -0.25) is 14.9 Å². The predicted molar refractivity (Wildman–Crippen MR) is 111 cm³/mol. The summed E-state index contributed by atoms with van der Waals surface area (Å²) in [7, 11) is 0. The van der Waals surface area contributed by atoms with E-state index in [1.54, 1.807) is 18.3 Å². The van der Waals surface area contributed by atoms with Crippen molar-refractivity contribution >= 4 is 33.3 Å². The average molecular weight is 390 g/mol. The second kappa shape index (κ2) is 7.40. The number of amides is 1. The molecule has 2 aromatic carbocycles. The summed E-state index contributed by atoms with van der Waals surface area (Å²) in [6, 6.07) is 14.8. The summed E-state index contributed by atoms with van der Waals surface area (Å²) in [4.78, 5) is 30.1. The highest BCUT2D eigenvalue weighted by molar-refractivity contribution is 7.15. The van der Waals surface area contributed by atoms with E-state index in [1.165, 1.54) is 28.5 Å². The number of aryl methyl sites for hydroxylation is 2. The van der Waals surface area contributed by atoms with Gasteiger partial charge in [0.15, 0.2) is 16.3 Å². The Labute approximate surface area is 165 Å². The number of fused-ring (bicyclic) bond motifs is 1. The van der Waals surface area contributed by atoms with Gasteiger partial charge in [-0.1, -0.05) is 41.5 Å². The lowest BCUT2D eigenvalue weighted by Gasteiger charge is -2.03. The van der Waals surface area contributed by atoms with Gasteiger partial charge >= 0.3 is 0 Å². The predicted octanol–water partition coefficient (Wildman–Crippen LogP) is 4.71. The standard InChI is InChI=1S/C22H18N2O3S/c1-13-4-3-5-15(8-13)10-16-12-23-22(28-16)24-21(26)20-11-18(25)17-9-14(2)6-7-19(17)27-20/h3-9,11-12H,10H2,1-2H3,(H,23,24,26). The molecular weight excluding hydrogens is 372 g/mol. The van der Waals surface area contributed by atoms with Crippen LogP contribution in [0.5, 0.6) is 0 Å². The zero-order chi connectivity index (χ0) is 19.7. The van der Waals surface area contributed by atoms with Crippen LogP contribution in [0.25, 0.3) is 11.0 Å². The Morgan fingerprint density at radius 1 is 1.11 bits per heavy atom. The molecule has 2 aromatic heterocycles. The van der Waals surface area contributed by atoms with Crippen LogP contribution in [0.15, 0.2) is 63.9 Å². The van der Waals surface area contributed by atoms with Crippen molar-refractivity contribution in [3.8, 4) is 0 Å². The van der Waals surface area contributed by atoms with E-state index in [0.717, 1.165) is 16.9 Å². The molecule has 0 fully saturated rings. The molecule has 0 saturated heterocycles. The maximum Gasteiger partial charge on any atom is 0.293 e. The molecule has 28 heavy (non-hydrogen) atoms. The molecule has 1 N–H and O–H groups in total. The lowest BCUT2D eigenvalue weighted by atomic mass is 10.1. The number of hydrogen-bond acceptors (Lipinski definition) is 5. The Kier molecular flexibility index (Phi) is 4.79. The van der Waals surface area contributed by atoms with Gasteiger partial charge in [-0.2, -0.15) is 0 Å². The first-order valence-electron chi connectivity index (χ1n) is 8.84. The molecule has 4 rings (SSSR count). The summed E-state index contributed by atoms with van der Waals surface area (Å²) in [6.07, 6.45) is 2.50. The lowest BCUT2D eigenvalue weighted by Crippen LogP contribution is -2.14. The van der Waals surface area contributed by atoms with E-state index in [-0.39, 0.29) is 11.2 Å². The number of thiazole rings is 1. The fourth-order valence-electron chi connectivity index (χ4n) is 3.01. The quantitative estimate of drug-likeness (QED) is 0.548. The monoisotopic (exact) mass is 390 g/mol. The maximum absolute atomic E-state index is 12.5. The Morgan fingerprint density at radius 2 is 1.93 bits per heavy atom. The highest BCUT2D eigenvalue weighted by atomic mass is 32.1. The van der Waals surface area contributed by atoms with Crippen molar-refractivity contribution in [2.75, 3.05) is 5.32 Å².